The first-order valence-corrected chi connectivity index (χ1v) is 11.0. The molecule has 2 nitrogen and oxygen atoms in total. The van der Waals surface area contributed by atoms with Crippen molar-refractivity contribution in [3.63, 3.8) is 0 Å². The van der Waals surface area contributed by atoms with Crippen molar-refractivity contribution in [3.8, 4) is 0 Å². The molecule has 26 heavy (non-hydrogen) atoms. The summed E-state index contributed by atoms with van der Waals surface area (Å²) in [6.45, 7) is 5.77. The highest BCUT2D eigenvalue weighted by atomic mass is 32.3. The number of hydrogen-bond donors (Lipinski definition) is 0. The predicted octanol–water partition coefficient (Wildman–Crippen LogP) is 4.03. The minimum Gasteiger partial charge on any atom is -0.189 e. The Morgan fingerprint density at radius 2 is 1.23 bits per heavy atom. The molecule has 3 rings (SSSR count). The smallest absolute Gasteiger partial charge is 0.189 e. The molecule has 0 bridgehead atoms. The molecule has 0 unspecified atom stereocenters. The van der Waals surface area contributed by atoms with Gasteiger partial charge in [0.1, 0.15) is 4.90 Å². The lowest BCUT2D eigenvalue weighted by Gasteiger charge is -2.24. The average molecular weight is 386 g/mol. The number of benzene rings is 3. The molecular formula is C21H20FO2PS. The van der Waals surface area contributed by atoms with Crippen LogP contribution < -0.4 is 15.9 Å². The standard InChI is InChI=1S/C21H20FO2PS/c1-15-12-13-20(21(14-15)26(22,23)24)25(18-10-6-4-8-16(18)2)19-11-7-5-9-17(19)3/h4-14H,1-3H3. The Kier molecular flexibility index (Phi) is 5.27. The fourth-order valence-electron chi connectivity index (χ4n) is 3.02. The van der Waals surface area contributed by atoms with Crippen LogP contribution in [0.4, 0.5) is 3.89 Å². The van der Waals surface area contributed by atoms with Gasteiger partial charge in [-0.05, 0) is 62.1 Å². The highest BCUT2D eigenvalue weighted by molar-refractivity contribution is 7.88. The molecule has 0 aliphatic rings. The molecule has 0 atom stereocenters. The van der Waals surface area contributed by atoms with Gasteiger partial charge in [0.2, 0.25) is 0 Å². The summed E-state index contributed by atoms with van der Waals surface area (Å²) < 4.78 is 37.9. The van der Waals surface area contributed by atoms with E-state index in [4.69, 9.17) is 0 Å². The second-order valence-electron chi connectivity index (χ2n) is 6.32. The molecule has 0 N–H and O–H groups in total. The Morgan fingerprint density at radius 3 is 1.69 bits per heavy atom. The van der Waals surface area contributed by atoms with Crippen molar-refractivity contribution >= 4 is 34.1 Å². The Morgan fingerprint density at radius 1 is 0.731 bits per heavy atom. The third-order valence-electron chi connectivity index (χ3n) is 4.33. The van der Waals surface area contributed by atoms with Crippen molar-refractivity contribution in [2.45, 2.75) is 25.7 Å². The van der Waals surface area contributed by atoms with E-state index in [1.165, 1.54) is 6.07 Å². The van der Waals surface area contributed by atoms with Gasteiger partial charge in [-0.3, -0.25) is 0 Å². The third kappa shape index (κ3) is 3.72. The van der Waals surface area contributed by atoms with Crippen LogP contribution in [0.5, 0.6) is 0 Å². The Hall–Kier alpha value is -2.03. The van der Waals surface area contributed by atoms with Crippen LogP contribution in [0.1, 0.15) is 16.7 Å². The number of rotatable bonds is 4. The summed E-state index contributed by atoms with van der Waals surface area (Å²) in [6.07, 6.45) is 0. The van der Waals surface area contributed by atoms with E-state index in [1.54, 1.807) is 13.0 Å². The van der Waals surface area contributed by atoms with Gasteiger partial charge in [0.15, 0.2) is 0 Å². The monoisotopic (exact) mass is 386 g/mol. The molecule has 0 fully saturated rings. The summed E-state index contributed by atoms with van der Waals surface area (Å²) in [4.78, 5) is -0.227. The molecule has 0 spiro atoms. The SMILES string of the molecule is Cc1ccc(P(c2ccccc2C)c2ccccc2C)c(S(=O)(=O)F)c1. The zero-order chi connectivity index (χ0) is 18.9. The summed E-state index contributed by atoms with van der Waals surface area (Å²) in [5, 5.41) is 2.59. The minimum absolute atomic E-state index is 0.227. The van der Waals surface area contributed by atoms with E-state index in [1.807, 2.05) is 68.4 Å². The zero-order valence-electron chi connectivity index (χ0n) is 14.9. The first kappa shape index (κ1) is 18.8. The van der Waals surface area contributed by atoms with E-state index < -0.39 is 18.1 Å². The highest BCUT2D eigenvalue weighted by Crippen LogP contribution is 2.38. The second kappa shape index (κ2) is 7.30. The van der Waals surface area contributed by atoms with E-state index in [-0.39, 0.29) is 4.90 Å². The molecule has 0 aliphatic carbocycles. The van der Waals surface area contributed by atoms with Gasteiger partial charge in [-0.15, -0.1) is 3.89 Å². The Bertz CT molecular complexity index is 1020. The van der Waals surface area contributed by atoms with Gasteiger partial charge in [0, 0.05) is 5.30 Å². The number of hydrogen-bond acceptors (Lipinski definition) is 2. The first-order valence-electron chi connectivity index (χ1n) is 8.26. The maximum Gasteiger partial charge on any atom is 0.332 e. The first-order chi connectivity index (χ1) is 12.3. The van der Waals surface area contributed by atoms with Crippen LogP contribution in [0.25, 0.3) is 0 Å². The van der Waals surface area contributed by atoms with E-state index in [0.29, 0.717) is 5.30 Å². The van der Waals surface area contributed by atoms with Crippen LogP contribution in [-0.4, -0.2) is 8.42 Å². The van der Waals surface area contributed by atoms with Gasteiger partial charge >= 0.3 is 10.2 Å². The highest BCUT2D eigenvalue weighted by Gasteiger charge is 2.27. The van der Waals surface area contributed by atoms with E-state index in [0.717, 1.165) is 27.3 Å². The molecule has 5 heteroatoms. The van der Waals surface area contributed by atoms with Gasteiger partial charge in [0.25, 0.3) is 0 Å². The summed E-state index contributed by atoms with van der Waals surface area (Å²) in [6, 6.07) is 20.8. The molecular weight excluding hydrogens is 366 g/mol. The molecule has 0 aliphatic heterocycles. The van der Waals surface area contributed by atoms with Crippen LogP contribution in [0.2, 0.25) is 0 Å². The van der Waals surface area contributed by atoms with Gasteiger partial charge in [-0.2, -0.15) is 8.42 Å². The fraction of sp³-hybridized carbons (Fsp3) is 0.143. The Balaban J connectivity index is 2.38. The maximum absolute atomic E-state index is 14.1. The summed E-state index contributed by atoms with van der Waals surface area (Å²) >= 11 is 0. The second-order valence-corrected chi connectivity index (χ2v) is 9.75. The molecule has 0 heterocycles. The molecule has 0 aromatic heterocycles. The molecule has 3 aromatic rings. The van der Waals surface area contributed by atoms with Crippen molar-refractivity contribution in [2.24, 2.45) is 0 Å². The molecule has 0 amide bonds. The summed E-state index contributed by atoms with van der Waals surface area (Å²) in [5.74, 6) is 0. The van der Waals surface area contributed by atoms with E-state index in [9.17, 15) is 12.3 Å². The maximum atomic E-state index is 14.1. The topological polar surface area (TPSA) is 34.1 Å². The van der Waals surface area contributed by atoms with Crippen LogP contribution in [-0.2, 0) is 10.2 Å². The lowest BCUT2D eigenvalue weighted by Crippen LogP contribution is -2.27. The van der Waals surface area contributed by atoms with E-state index in [2.05, 4.69) is 0 Å². The molecule has 134 valence electrons. The summed E-state index contributed by atoms with van der Waals surface area (Å²) in [5.41, 5.74) is 2.84. The van der Waals surface area contributed by atoms with Crippen LogP contribution in [0, 0.1) is 20.8 Å². The molecule has 0 radical (unpaired) electrons. The normalized spacial score (nSPS) is 11.7. The van der Waals surface area contributed by atoms with Crippen molar-refractivity contribution in [3.05, 3.63) is 83.4 Å². The molecule has 0 saturated heterocycles. The summed E-state index contributed by atoms with van der Waals surface area (Å²) in [7, 11) is -6.03. The van der Waals surface area contributed by atoms with Crippen molar-refractivity contribution in [2.75, 3.05) is 0 Å². The lowest BCUT2D eigenvalue weighted by molar-refractivity contribution is 0.552. The lowest BCUT2D eigenvalue weighted by atomic mass is 10.2. The van der Waals surface area contributed by atoms with Crippen LogP contribution in [0.3, 0.4) is 0 Å². The van der Waals surface area contributed by atoms with Gasteiger partial charge in [0.05, 0.1) is 0 Å². The van der Waals surface area contributed by atoms with Crippen LogP contribution >= 0.6 is 7.92 Å². The van der Waals surface area contributed by atoms with Crippen molar-refractivity contribution in [1.29, 1.82) is 0 Å². The zero-order valence-corrected chi connectivity index (χ0v) is 16.6. The van der Waals surface area contributed by atoms with Gasteiger partial charge < -0.3 is 0 Å². The molecule has 3 aromatic carbocycles. The third-order valence-corrected chi connectivity index (χ3v) is 8.18. The predicted molar refractivity (Wildman–Crippen MR) is 108 cm³/mol. The average Bonchev–Trinajstić information content (AvgIpc) is 2.58. The fourth-order valence-corrected chi connectivity index (χ4v) is 6.88. The molecule has 0 saturated carbocycles. The van der Waals surface area contributed by atoms with Crippen LogP contribution in [0.15, 0.2) is 71.6 Å². The quantitative estimate of drug-likeness (QED) is 0.501. The van der Waals surface area contributed by atoms with Gasteiger partial charge in [-0.25, -0.2) is 0 Å². The van der Waals surface area contributed by atoms with Crippen molar-refractivity contribution in [1.82, 2.24) is 0 Å². The Labute approximate surface area is 155 Å². The number of halogens is 1. The van der Waals surface area contributed by atoms with Crippen molar-refractivity contribution < 1.29 is 12.3 Å². The van der Waals surface area contributed by atoms with E-state index >= 15 is 0 Å². The van der Waals surface area contributed by atoms with Gasteiger partial charge in [-0.1, -0.05) is 60.7 Å². The largest absolute Gasteiger partial charge is 0.332 e. The minimum atomic E-state index is -4.83. The number of aryl methyl sites for hydroxylation is 3.